The second-order valence-electron chi connectivity index (χ2n) is 4.80. The number of rotatable bonds is 5. The summed E-state index contributed by atoms with van der Waals surface area (Å²) >= 11 is 0. The molecule has 1 fully saturated rings. The summed E-state index contributed by atoms with van der Waals surface area (Å²) in [5.41, 5.74) is -0.923. The predicted octanol–water partition coefficient (Wildman–Crippen LogP) is 0.820. The third-order valence-electron chi connectivity index (χ3n) is 3.27. The molecule has 0 aliphatic heterocycles. The van der Waals surface area contributed by atoms with Crippen molar-refractivity contribution in [1.29, 1.82) is 0 Å². The Kier molecular flexibility index (Phi) is 4.86. The molecule has 0 heterocycles. The maximum Gasteiger partial charge on any atom is 0.330 e. The Bertz CT molecular complexity index is 492. The summed E-state index contributed by atoms with van der Waals surface area (Å²) in [5.74, 6) is -0.578. The van der Waals surface area contributed by atoms with Crippen LogP contribution in [0.2, 0.25) is 0 Å². The molecule has 7 heteroatoms. The van der Waals surface area contributed by atoms with Crippen molar-refractivity contribution in [2.24, 2.45) is 5.41 Å². The van der Waals surface area contributed by atoms with Crippen LogP contribution in [-0.2, 0) is 28.6 Å². The zero-order valence-corrected chi connectivity index (χ0v) is 12.0. The summed E-state index contributed by atoms with van der Waals surface area (Å²) in [5, 5.41) is 0. The van der Waals surface area contributed by atoms with Crippen molar-refractivity contribution in [1.82, 2.24) is 0 Å². The van der Waals surface area contributed by atoms with Gasteiger partial charge < -0.3 is 4.74 Å². The Morgan fingerprint density at radius 1 is 1.53 bits per heavy atom. The molecule has 0 saturated heterocycles. The van der Waals surface area contributed by atoms with Crippen molar-refractivity contribution in [3.8, 4) is 0 Å². The molecule has 1 aliphatic rings. The number of ether oxygens (including phenoxy) is 1. The number of carbonyl (C=O) groups excluding carboxylic acids is 2. The lowest BCUT2D eigenvalue weighted by Crippen LogP contribution is -2.35. The van der Waals surface area contributed by atoms with Crippen molar-refractivity contribution in [3.63, 3.8) is 0 Å². The molecule has 0 spiro atoms. The minimum atomic E-state index is -3.62. The highest BCUT2D eigenvalue weighted by atomic mass is 32.2. The Hall–Kier alpha value is -1.21. The molecule has 0 unspecified atom stereocenters. The van der Waals surface area contributed by atoms with E-state index in [1.807, 2.05) is 0 Å². The second-order valence-corrected chi connectivity index (χ2v) is 6.40. The van der Waals surface area contributed by atoms with Gasteiger partial charge in [0.15, 0.2) is 0 Å². The quantitative estimate of drug-likeness (QED) is 0.423. The van der Waals surface area contributed by atoms with Gasteiger partial charge in [-0.15, -0.1) is 0 Å². The molecular formula is C12H18O6S. The summed E-state index contributed by atoms with van der Waals surface area (Å²) in [6.45, 7) is 1.65. The van der Waals surface area contributed by atoms with Gasteiger partial charge >= 0.3 is 5.97 Å². The Morgan fingerprint density at radius 3 is 2.68 bits per heavy atom. The zero-order chi connectivity index (χ0) is 14.7. The van der Waals surface area contributed by atoms with E-state index in [1.54, 1.807) is 6.92 Å². The fourth-order valence-corrected chi connectivity index (χ4v) is 2.86. The lowest BCUT2D eigenvalue weighted by Gasteiger charge is -2.27. The monoisotopic (exact) mass is 290 g/mol. The van der Waals surface area contributed by atoms with Gasteiger partial charge in [0, 0.05) is 12.5 Å². The number of hydrogen-bond acceptors (Lipinski definition) is 6. The third-order valence-corrected chi connectivity index (χ3v) is 3.85. The smallest absolute Gasteiger partial charge is 0.330 e. The number of carbonyl (C=O) groups is 2. The molecule has 0 aromatic rings. The maximum absolute atomic E-state index is 11.9. The molecule has 0 N–H and O–H groups in total. The number of ketones is 1. The normalized spacial score (nSPS) is 27.9. The van der Waals surface area contributed by atoms with E-state index in [4.69, 9.17) is 4.18 Å². The van der Waals surface area contributed by atoms with Gasteiger partial charge in [0.1, 0.15) is 5.78 Å². The van der Waals surface area contributed by atoms with Crippen LogP contribution in [0.15, 0.2) is 12.2 Å². The topological polar surface area (TPSA) is 86.7 Å². The first-order valence-electron chi connectivity index (χ1n) is 5.85. The minimum absolute atomic E-state index is 0.0596. The van der Waals surface area contributed by atoms with Gasteiger partial charge in [0.2, 0.25) is 0 Å². The summed E-state index contributed by atoms with van der Waals surface area (Å²) in [6.07, 6.45) is 3.89. The van der Waals surface area contributed by atoms with Crippen LogP contribution in [0.3, 0.4) is 0 Å². The Labute approximate surface area is 112 Å². The van der Waals surface area contributed by atoms with Gasteiger partial charge in [-0.1, -0.05) is 6.08 Å². The van der Waals surface area contributed by atoms with E-state index in [0.717, 1.165) is 6.26 Å². The van der Waals surface area contributed by atoms with Gasteiger partial charge in [0.25, 0.3) is 10.1 Å². The van der Waals surface area contributed by atoms with Gasteiger partial charge in [-0.25, -0.2) is 4.79 Å². The first-order chi connectivity index (χ1) is 8.69. The molecule has 0 radical (unpaired) electrons. The fraction of sp³-hybridized carbons (Fsp3) is 0.667. The first kappa shape index (κ1) is 15.8. The molecule has 108 valence electrons. The van der Waals surface area contributed by atoms with E-state index in [0.29, 0.717) is 6.42 Å². The van der Waals surface area contributed by atoms with Crippen LogP contribution in [0.1, 0.15) is 26.2 Å². The number of Topliss-reactive ketones (excluding diaryl/α,β-unsaturated/α-hetero) is 1. The van der Waals surface area contributed by atoms with Gasteiger partial charge in [0.05, 0.1) is 24.9 Å². The van der Waals surface area contributed by atoms with Crippen LogP contribution in [0.25, 0.3) is 0 Å². The van der Waals surface area contributed by atoms with Crippen molar-refractivity contribution in [3.05, 3.63) is 12.2 Å². The third kappa shape index (κ3) is 4.14. The molecule has 19 heavy (non-hydrogen) atoms. The number of allylic oxidation sites excluding steroid dienone is 1. The average Bonchev–Trinajstić information content (AvgIpc) is 2.55. The molecule has 0 bridgehead atoms. The number of hydrogen-bond donors (Lipinski definition) is 0. The largest absolute Gasteiger partial charge is 0.466 e. The van der Waals surface area contributed by atoms with Crippen LogP contribution in [0.5, 0.6) is 0 Å². The van der Waals surface area contributed by atoms with Gasteiger partial charge in [-0.3, -0.25) is 8.98 Å². The van der Waals surface area contributed by atoms with E-state index in [2.05, 4.69) is 4.74 Å². The summed E-state index contributed by atoms with van der Waals surface area (Å²) in [7, 11) is -2.36. The zero-order valence-electron chi connectivity index (χ0n) is 11.2. The minimum Gasteiger partial charge on any atom is -0.466 e. The maximum atomic E-state index is 11.9. The summed E-state index contributed by atoms with van der Waals surface area (Å²) < 4.78 is 31.8. The van der Waals surface area contributed by atoms with Crippen molar-refractivity contribution >= 4 is 21.9 Å². The van der Waals surface area contributed by atoms with E-state index < -0.39 is 27.6 Å². The Balaban J connectivity index is 2.82. The van der Waals surface area contributed by atoms with Crippen molar-refractivity contribution < 1.29 is 26.9 Å². The molecule has 2 atom stereocenters. The second kappa shape index (κ2) is 5.83. The lowest BCUT2D eigenvalue weighted by molar-refractivity contribution is -0.135. The van der Waals surface area contributed by atoms with E-state index in [9.17, 15) is 18.0 Å². The van der Waals surface area contributed by atoms with Crippen LogP contribution in [0, 0.1) is 5.41 Å². The van der Waals surface area contributed by atoms with Gasteiger partial charge in [-0.05, 0) is 19.8 Å². The highest BCUT2D eigenvalue weighted by molar-refractivity contribution is 7.86. The molecular weight excluding hydrogens is 272 g/mol. The van der Waals surface area contributed by atoms with E-state index >= 15 is 0 Å². The molecule has 6 nitrogen and oxygen atoms in total. The average molecular weight is 290 g/mol. The Morgan fingerprint density at radius 2 is 2.16 bits per heavy atom. The molecule has 0 amide bonds. The van der Waals surface area contributed by atoms with Crippen molar-refractivity contribution in [2.45, 2.75) is 32.3 Å². The number of esters is 1. The molecule has 1 rings (SSSR count). The summed E-state index contributed by atoms with van der Waals surface area (Å²) in [6, 6.07) is 0. The van der Waals surface area contributed by atoms with Crippen LogP contribution in [-0.4, -0.2) is 39.6 Å². The van der Waals surface area contributed by atoms with Gasteiger partial charge in [-0.2, -0.15) is 8.42 Å². The van der Waals surface area contributed by atoms with Crippen LogP contribution in [0.4, 0.5) is 0 Å². The molecule has 1 aliphatic carbocycles. The predicted molar refractivity (Wildman–Crippen MR) is 67.8 cm³/mol. The highest BCUT2D eigenvalue weighted by Crippen LogP contribution is 2.40. The summed E-state index contributed by atoms with van der Waals surface area (Å²) in [4.78, 5) is 22.9. The first-order valence-corrected chi connectivity index (χ1v) is 7.67. The fourth-order valence-electron chi connectivity index (χ4n) is 2.12. The van der Waals surface area contributed by atoms with E-state index in [1.165, 1.54) is 19.3 Å². The number of methoxy groups -OCH3 is 1. The van der Waals surface area contributed by atoms with Crippen molar-refractivity contribution in [2.75, 3.05) is 13.4 Å². The molecule has 0 aromatic heterocycles. The highest BCUT2D eigenvalue weighted by Gasteiger charge is 2.47. The molecule has 1 saturated carbocycles. The molecule has 0 aromatic carbocycles. The van der Waals surface area contributed by atoms with Crippen LogP contribution >= 0.6 is 0 Å². The lowest BCUT2D eigenvalue weighted by atomic mass is 9.82. The SMILES string of the molecule is COC(=O)/C=C/C[C@]1(C)C(=O)CC[C@H]1OS(C)(=O)=O. The standard InChI is InChI=1S/C12H18O6S/c1-12(8-4-5-11(14)17-2)9(13)6-7-10(12)18-19(3,15)16/h4-5,10H,6-8H2,1-3H3/b5-4+/t10-,12-/m1/s1. The van der Waals surface area contributed by atoms with Crippen LogP contribution < -0.4 is 0 Å². The van der Waals surface area contributed by atoms with E-state index in [-0.39, 0.29) is 18.6 Å².